The molecule has 3 aromatic rings. The van der Waals surface area contributed by atoms with Crippen molar-refractivity contribution < 1.29 is 9.53 Å². The second kappa shape index (κ2) is 7.14. The van der Waals surface area contributed by atoms with Crippen LogP contribution in [0.15, 0.2) is 53.9 Å². The minimum Gasteiger partial charge on any atom is -0.497 e. The fourth-order valence-corrected chi connectivity index (χ4v) is 2.87. The highest BCUT2D eigenvalue weighted by Crippen LogP contribution is 2.28. The minimum absolute atomic E-state index is 0.306. The molecule has 0 aliphatic heterocycles. The van der Waals surface area contributed by atoms with E-state index in [4.69, 9.17) is 4.74 Å². The first-order chi connectivity index (χ1) is 11.7. The van der Waals surface area contributed by atoms with E-state index in [9.17, 15) is 4.79 Å². The number of carbonyl (C=O) groups excluding carboxylic acids is 1. The van der Waals surface area contributed by atoms with E-state index < -0.39 is 0 Å². The highest BCUT2D eigenvalue weighted by molar-refractivity contribution is 7.09. The molecule has 5 nitrogen and oxygen atoms in total. The van der Waals surface area contributed by atoms with Gasteiger partial charge in [0.15, 0.2) is 0 Å². The van der Waals surface area contributed by atoms with Gasteiger partial charge in [0.2, 0.25) is 0 Å². The third-order valence-corrected chi connectivity index (χ3v) is 4.19. The van der Waals surface area contributed by atoms with Gasteiger partial charge in [-0.25, -0.2) is 9.78 Å². The number of hydrogen-bond acceptors (Lipinski definition) is 4. The number of aromatic nitrogens is 1. The molecule has 0 spiro atoms. The van der Waals surface area contributed by atoms with Crippen molar-refractivity contribution in [3.8, 4) is 17.0 Å². The van der Waals surface area contributed by atoms with Crippen molar-refractivity contribution in [3.63, 3.8) is 0 Å². The number of benzene rings is 2. The van der Waals surface area contributed by atoms with Crippen LogP contribution in [0.4, 0.5) is 16.2 Å². The molecule has 0 radical (unpaired) electrons. The first kappa shape index (κ1) is 16.0. The molecule has 2 aromatic carbocycles. The lowest BCUT2D eigenvalue weighted by molar-refractivity contribution is 0.262. The van der Waals surface area contributed by atoms with Crippen LogP contribution in [0.3, 0.4) is 0 Å². The summed E-state index contributed by atoms with van der Waals surface area (Å²) in [4.78, 5) is 16.7. The van der Waals surface area contributed by atoms with Gasteiger partial charge < -0.3 is 15.4 Å². The predicted molar refractivity (Wildman–Crippen MR) is 97.9 cm³/mol. The maximum absolute atomic E-state index is 12.3. The zero-order valence-corrected chi connectivity index (χ0v) is 14.2. The number of nitrogens with zero attached hydrogens (tertiary/aromatic N) is 1. The van der Waals surface area contributed by atoms with Gasteiger partial charge in [-0.15, -0.1) is 11.3 Å². The Morgan fingerprint density at radius 2 is 1.83 bits per heavy atom. The van der Waals surface area contributed by atoms with Crippen LogP contribution in [0.25, 0.3) is 11.3 Å². The monoisotopic (exact) mass is 339 g/mol. The first-order valence-electron chi connectivity index (χ1n) is 7.39. The van der Waals surface area contributed by atoms with E-state index in [1.807, 2.05) is 36.6 Å². The second-order valence-electron chi connectivity index (χ2n) is 5.10. The molecular formula is C18H17N3O2S. The van der Waals surface area contributed by atoms with Crippen molar-refractivity contribution in [2.75, 3.05) is 17.7 Å². The molecule has 122 valence electrons. The number of anilines is 2. The van der Waals surface area contributed by atoms with Crippen LogP contribution in [0.2, 0.25) is 0 Å². The van der Waals surface area contributed by atoms with Gasteiger partial charge in [-0.05, 0) is 37.3 Å². The smallest absolute Gasteiger partial charge is 0.323 e. The van der Waals surface area contributed by atoms with E-state index in [1.165, 1.54) is 0 Å². The molecule has 0 saturated heterocycles. The molecule has 0 bridgehead atoms. The van der Waals surface area contributed by atoms with Crippen molar-refractivity contribution in [3.05, 3.63) is 58.9 Å². The number of carbonyl (C=O) groups is 1. The molecule has 2 amide bonds. The Morgan fingerprint density at radius 1 is 1.08 bits per heavy atom. The van der Waals surface area contributed by atoms with Gasteiger partial charge in [0.05, 0.1) is 23.5 Å². The third kappa shape index (κ3) is 3.72. The number of rotatable bonds is 4. The summed E-state index contributed by atoms with van der Waals surface area (Å²) in [6.45, 7) is 1.96. The highest BCUT2D eigenvalue weighted by atomic mass is 32.1. The molecule has 1 heterocycles. The molecule has 0 fully saturated rings. The van der Waals surface area contributed by atoms with Gasteiger partial charge in [-0.3, -0.25) is 0 Å². The number of thiazole rings is 1. The van der Waals surface area contributed by atoms with Crippen LogP contribution in [0.5, 0.6) is 5.75 Å². The van der Waals surface area contributed by atoms with Crippen LogP contribution in [-0.2, 0) is 0 Å². The summed E-state index contributed by atoms with van der Waals surface area (Å²) in [5.74, 6) is 0.741. The standard InChI is InChI=1S/C18H17N3O2S/c1-12-19-17(11-24-12)15-5-3-4-6-16(15)21-18(22)20-13-7-9-14(23-2)10-8-13/h3-11H,1-2H3,(H2,20,21,22). The Morgan fingerprint density at radius 3 is 2.50 bits per heavy atom. The highest BCUT2D eigenvalue weighted by Gasteiger charge is 2.10. The van der Waals surface area contributed by atoms with Gasteiger partial charge in [-0.2, -0.15) is 0 Å². The second-order valence-corrected chi connectivity index (χ2v) is 6.17. The molecule has 6 heteroatoms. The fraction of sp³-hybridized carbons (Fsp3) is 0.111. The zero-order valence-electron chi connectivity index (χ0n) is 13.4. The van der Waals surface area contributed by atoms with Crippen LogP contribution in [0, 0.1) is 6.92 Å². The van der Waals surface area contributed by atoms with Crippen LogP contribution >= 0.6 is 11.3 Å². The normalized spacial score (nSPS) is 10.2. The number of nitrogens with one attached hydrogen (secondary N) is 2. The molecule has 0 unspecified atom stereocenters. The summed E-state index contributed by atoms with van der Waals surface area (Å²) in [7, 11) is 1.60. The van der Waals surface area contributed by atoms with Gasteiger partial charge in [0.1, 0.15) is 5.75 Å². The molecule has 3 rings (SSSR count). The molecule has 2 N–H and O–H groups in total. The van der Waals surface area contributed by atoms with Crippen LogP contribution in [0.1, 0.15) is 5.01 Å². The van der Waals surface area contributed by atoms with Gasteiger partial charge in [0, 0.05) is 16.6 Å². The number of amides is 2. The number of urea groups is 1. The van der Waals surface area contributed by atoms with Crippen molar-refractivity contribution in [2.45, 2.75) is 6.92 Å². The lowest BCUT2D eigenvalue weighted by Gasteiger charge is -2.11. The number of ether oxygens (including phenoxy) is 1. The van der Waals surface area contributed by atoms with Gasteiger partial charge >= 0.3 is 6.03 Å². The molecule has 0 aliphatic rings. The lowest BCUT2D eigenvalue weighted by atomic mass is 10.1. The largest absolute Gasteiger partial charge is 0.497 e. The number of para-hydroxylation sites is 1. The molecule has 0 saturated carbocycles. The Bertz CT molecular complexity index is 843. The van der Waals surface area contributed by atoms with E-state index in [0.717, 1.165) is 22.0 Å². The quantitative estimate of drug-likeness (QED) is 0.719. The van der Waals surface area contributed by atoms with Gasteiger partial charge in [0.25, 0.3) is 0 Å². The average Bonchev–Trinajstić information content (AvgIpc) is 3.02. The Labute approximate surface area is 144 Å². The Balaban J connectivity index is 1.74. The lowest BCUT2D eigenvalue weighted by Crippen LogP contribution is -2.19. The van der Waals surface area contributed by atoms with Crippen LogP contribution in [-0.4, -0.2) is 18.1 Å². The topological polar surface area (TPSA) is 63.2 Å². The Hall–Kier alpha value is -2.86. The summed E-state index contributed by atoms with van der Waals surface area (Å²) in [5.41, 5.74) is 3.16. The van der Waals surface area contributed by atoms with E-state index >= 15 is 0 Å². The molecular weight excluding hydrogens is 322 g/mol. The number of hydrogen-bond donors (Lipinski definition) is 2. The summed E-state index contributed by atoms with van der Waals surface area (Å²) in [6.07, 6.45) is 0. The summed E-state index contributed by atoms with van der Waals surface area (Å²) < 4.78 is 5.10. The molecule has 0 atom stereocenters. The number of aryl methyl sites for hydroxylation is 1. The first-order valence-corrected chi connectivity index (χ1v) is 8.27. The SMILES string of the molecule is COc1ccc(NC(=O)Nc2ccccc2-c2csc(C)n2)cc1. The molecule has 24 heavy (non-hydrogen) atoms. The summed E-state index contributed by atoms with van der Waals surface area (Å²) >= 11 is 1.58. The fourth-order valence-electron chi connectivity index (χ4n) is 2.26. The van der Waals surface area contributed by atoms with E-state index in [-0.39, 0.29) is 6.03 Å². The molecule has 1 aromatic heterocycles. The Kier molecular flexibility index (Phi) is 4.77. The summed E-state index contributed by atoms with van der Waals surface area (Å²) in [6, 6.07) is 14.5. The van der Waals surface area contributed by atoms with Crippen LogP contribution < -0.4 is 15.4 Å². The average molecular weight is 339 g/mol. The maximum atomic E-state index is 12.3. The van der Waals surface area contributed by atoms with Crippen molar-refractivity contribution in [2.24, 2.45) is 0 Å². The number of methoxy groups -OCH3 is 1. The van der Waals surface area contributed by atoms with E-state index in [1.54, 1.807) is 42.7 Å². The van der Waals surface area contributed by atoms with Crippen molar-refractivity contribution >= 4 is 28.7 Å². The predicted octanol–water partition coefficient (Wildman–Crippen LogP) is 4.77. The van der Waals surface area contributed by atoms with Gasteiger partial charge in [-0.1, -0.05) is 18.2 Å². The van der Waals surface area contributed by atoms with E-state index in [0.29, 0.717) is 11.4 Å². The third-order valence-electron chi connectivity index (χ3n) is 3.42. The molecule has 0 aliphatic carbocycles. The zero-order chi connectivity index (χ0) is 16.9. The minimum atomic E-state index is -0.306. The van der Waals surface area contributed by atoms with Crippen molar-refractivity contribution in [1.29, 1.82) is 0 Å². The summed E-state index contributed by atoms with van der Waals surface area (Å²) in [5, 5.41) is 8.65. The van der Waals surface area contributed by atoms with Crippen molar-refractivity contribution in [1.82, 2.24) is 4.98 Å². The van der Waals surface area contributed by atoms with E-state index in [2.05, 4.69) is 15.6 Å². The maximum Gasteiger partial charge on any atom is 0.323 e.